The zero-order valence-corrected chi connectivity index (χ0v) is 17.2. The molecule has 0 aliphatic carbocycles. The van der Waals surface area contributed by atoms with E-state index in [0.717, 1.165) is 36.2 Å². The number of aromatic nitrogens is 2. The topological polar surface area (TPSA) is 58.4 Å². The van der Waals surface area contributed by atoms with E-state index in [2.05, 4.69) is 5.10 Å². The Morgan fingerprint density at radius 3 is 2.54 bits per heavy atom. The van der Waals surface area contributed by atoms with Gasteiger partial charge < -0.3 is 9.80 Å². The molecule has 2 aliphatic heterocycles. The Bertz CT molecular complexity index is 919. The standard InChI is InChI=1S/C20H22Cl2N4O2/c1-13(27)24-7-4-14(5-8-24)20(28)25-9-6-18-15(12-25)11-23-26(18)19-3-2-16(21)10-17(19)22/h2-3,10-11,14H,4-9,12H2,1H3. The molecule has 2 aromatic rings. The molecule has 2 aliphatic rings. The lowest BCUT2D eigenvalue weighted by Crippen LogP contribution is -2.45. The van der Waals surface area contributed by atoms with Crippen molar-refractivity contribution >= 4 is 35.0 Å². The molecule has 2 amide bonds. The number of hydrogen-bond acceptors (Lipinski definition) is 3. The van der Waals surface area contributed by atoms with Gasteiger partial charge in [-0.2, -0.15) is 5.10 Å². The fourth-order valence-corrected chi connectivity index (χ4v) is 4.57. The summed E-state index contributed by atoms with van der Waals surface area (Å²) in [6.07, 6.45) is 4.02. The van der Waals surface area contributed by atoms with Crippen LogP contribution in [0.5, 0.6) is 0 Å². The molecule has 1 aromatic carbocycles. The number of amides is 2. The third kappa shape index (κ3) is 3.63. The van der Waals surface area contributed by atoms with E-state index in [1.807, 2.05) is 26.7 Å². The highest BCUT2D eigenvalue weighted by atomic mass is 35.5. The first-order valence-electron chi connectivity index (χ1n) is 9.49. The van der Waals surface area contributed by atoms with Crippen LogP contribution in [0.15, 0.2) is 24.4 Å². The van der Waals surface area contributed by atoms with Crippen LogP contribution in [-0.4, -0.2) is 51.0 Å². The predicted molar refractivity (Wildman–Crippen MR) is 108 cm³/mol. The SMILES string of the molecule is CC(=O)N1CCC(C(=O)N2CCc3c(cnn3-c3ccc(Cl)cc3Cl)C2)CC1. The number of carbonyl (C=O) groups excluding carboxylic acids is 2. The molecule has 6 nitrogen and oxygen atoms in total. The zero-order chi connectivity index (χ0) is 19.8. The number of likely N-dealkylation sites (tertiary alicyclic amines) is 1. The van der Waals surface area contributed by atoms with Crippen molar-refractivity contribution in [3.05, 3.63) is 45.7 Å². The molecule has 1 aromatic heterocycles. The van der Waals surface area contributed by atoms with E-state index in [9.17, 15) is 9.59 Å². The number of carbonyl (C=O) groups is 2. The summed E-state index contributed by atoms with van der Waals surface area (Å²) in [5.74, 6) is 0.269. The van der Waals surface area contributed by atoms with Gasteiger partial charge in [0, 0.05) is 56.0 Å². The number of hydrogen-bond donors (Lipinski definition) is 0. The zero-order valence-electron chi connectivity index (χ0n) is 15.7. The van der Waals surface area contributed by atoms with E-state index in [4.69, 9.17) is 23.2 Å². The van der Waals surface area contributed by atoms with Crippen LogP contribution in [0.4, 0.5) is 0 Å². The van der Waals surface area contributed by atoms with E-state index in [-0.39, 0.29) is 17.7 Å². The van der Waals surface area contributed by atoms with E-state index < -0.39 is 0 Å². The quantitative estimate of drug-likeness (QED) is 0.748. The summed E-state index contributed by atoms with van der Waals surface area (Å²) < 4.78 is 1.85. The van der Waals surface area contributed by atoms with Crippen molar-refractivity contribution in [2.75, 3.05) is 19.6 Å². The molecule has 0 radical (unpaired) electrons. The maximum absolute atomic E-state index is 13.0. The third-order valence-corrected chi connectivity index (χ3v) is 6.21. The summed E-state index contributed by atoms with van der Waals surface area (Å²) in [5, 5.41) is 5.64. The number of piperidine rings is 1. The van der Waals surface area contributed by atoms with Crippen LogP contribution >= 0.6 is 23.2 Å². The summed E-state index contributed by atoms with van der Waals surface area (Å²) in [6, 6.07) is 5.36. The smallest absolute Gasteiger partial charge is 0.226 e. The van der Waals surface area contributed by atoms with Gasteiger partial charge in [-0.1, -0.05) is 23.2 Å². The maximum Gasteiger partial charge on any atom is 0.226 e. The van der Waals surface area contributed by atoms with Crippen LogP contribution in [0.2, 0.25) is 10.0 Å². The lowest BCUT2D eigenvalue weighted by atomic mass is 9.94. The van der Waals surface area contributed by atoms with E-state index >= 15 is 0 Å². The van der Waals surface area contributed by atoms with Crippen molar-refractivity contribution in [1.82, 2.24) is 19.6 Å². The Morgan fingerprint density at radius 2 is 1.86 bits per heavy atom. The highest BCUT2D eigenvalue weighted by Gasteiger charge is 2.32. The summed E-state index contributed by atoms with van der Waals surface area (Å²) in [6.45, 7) is 4.14. The summed E-state index contributed by atoms with van der Waals surface area (Å²) >= 11 is 12.3. The molecule has 0 N–H and O–H groups in total. The summed E-state index contributed by atoms with van der Waals surface area (Å²) in [4.78, 5) is 28.2. The van der Waals surface area contributed by atoms with E-state index in [1.54, 1.807) is 19.1 Å². The van der Waals surface area contributed by atoms with Crippen molar-refractivity contribution in [2.24, 2.45) is 5.92 Å². The molecule has 28 heavy (non-hydrogen) atoms. The minimum atomic E-state index is -0.00194. The first kappa shape index (κ1) is 19.3. The predicted octanol–water partition coefficient (Wildman–Crippen LogP) is 3.32. The number of benzene rings is 1. The van der Waals surface area contributed by atoms with Gasteiger partial charge in [0.25, 0.3) is 0 Å². The molecule has 0 bridgehead atoms. The van der Waals surface area contributed by atoms with Crippen molar-refractivity contribution in [1.29, 1.82) is 0 Å². The van der Waals surface area contributed by atoms with Crippen molar-refractivity contribution in [2.45, 2.75) is 32.7 Å². The van der Waals surface area contributed by atoms with E-state index in [1.165, 1.54) is 0 Å². The Hall–Kier alpha value is -2.05. The average molecular weight is 421 g/mol. The van der Waals surface area contributed by atoms with Gasteiger partial charge in [0.1, 0.15) is 0 Å². The second kappa shape index (κ2) is 7.76. The molecule has 4 rings (SSSR count). The first-order chi connectivity index (χ1) is 13.4. The Labute approximate surface area is 174 Å². The van der Waals surface area contributed by atoms with Gasteiger partial charge in [-0.15, -0.1) is 0 Å². The summed E-state index contributed by atoms with van der Waals surface area (Å²) in [7, 11) is 0. The van der Waals surface area contributed by atoms with Gasteiger partial charge in [0.15, 0.2) is 0 Å². The van der Waals surface area contributed by atoms with Gasteiger partial charge in [0.2, 0.25) is 11.8 Å². The Morgan fingerprint density at radius 1 is 1.11 bits per heavy atom. The Kier molecular flexibility index (Phi) is 5.34. The van der Waals surface area contributed by atoms with Crippen LogP contribution in [0.25, 0.3) is 5.69 Å². The largest absolute Gasteiger partial charge is 0.343 e. The van der Waals surface area contributed by atoms with Crippen molar-refractivity contribution < 1.29 is 9.59 Å². The second-order valence-corrected chi connectivity index (χ2v) is 8.26. The third-order valence-electron chi connectivity index (χ3n) is 5.67. The lowest BCUT2D eigenvalue weighted by molar-refractivity contribution is -0.140. The van der Waals surface area contributed by atoms with Crippen LogP contribution in [0, 0.1) is 5.92 Å². The van der Waals surface area contributed by atoms with Gasteiger partial charge in [-0.3, -0.25) is 9.59 Å². The molecular weight excluding hydrogens is 399 g/mol. The summed E-state index contributed by atoms with van der Waals surface area (Å²) in [5.41, 5.74) is 2.93. The van der Waals surface area contributed by atoms with Crippen LogP contribution in [-0.2, 0) is 22.6 Å². The second-order valence-electron chi connectivity index (χ2n) is 7.41. The van der Waals surface area contributed by atoms with Gasteiger partial charge in [-0.25, -0.2) is 4.68 Å². The molecule has 148 valence electrons. The molecule has 0 unspecified atom stereocenters. The monoisotopic (exact) mass is 420 g/mol. The fourth-order valence-electron chi connectivity index (χ4n) is 4.08. The van der Waals surface area contributed by atoms with Crippen molar-refractivity contribution in [3.8, 4) is 5.69 Å². The van der Waals surface area contributed by atoms with Crippen LogP contribution < -0.4 is 0 Å². The molecule has 0 saturated carbocycles. The fraction of sp³-hybridized carbons (Fsp3) is 0.450. The highest BCUT2D eigenvalue weighted by Crippen LogP contribution is 2.29. The first-order valence-corrected chi connectivity index (χ1v) is 10.2. The van der Waals surface area contributed by atoms with Gasteiger partial charge >= 0.3 is 0 Å². The average Bonchev–Trinajstić information content (AvgIpc) is 3.10. The van der Waals surface area contributed by atoms with Gasteiger partial charge in [0.05, 0.1) is 22.6 Å². The van der Waals surface area contributed by atoms with Gasteiger partial charge in [-0.05, 0) is 31.0 Å². The highest BCUT2D eigenvalue weighted by molar-refractivity contribution is 6.35. The molecule has 1 saturated heterocycles. The van der Waals surface area contributed by atoms with E-state index in [0.29, 0.717) is 36.2 Å². The van der Waals surface area contributed by atoms with Crippen LogP contribution in [0.1, 0.15) is 31.0 Å². The molecule has 8 heteroatoms. The maximum atomic E-state index is 13.0. The normalized spacial score (nSPS) is 17.5. The molecular formula is C20H22Cl2N4O2. The molecule has 0 atom stereocenters. The lowest BCUT2D eigenvalue weighted by Gasteiger charge is -2.35. The molecule has 3 heterocycles. The minimum absolute atomic E-state index is 0.00194. The molecule has 0 spiro atoms. The van der Waals surface area contributed by atoms with Crippen LogP contribution in [0.3, 0.4) is 0 Å². The number of nitrogens with zero attached hydrogens (tertiary/aromatic N) is 4. The Balaban J connectivity index is 1.47. The molecule has 1 fully saturated rings. The number of fused-ring (bicyclic) bond motifs is 1. The minimum Gasteiger partial charge on any atom is -0.343 e. The number of rotatable bonds is 2. The number of halogens is 2. The van der Waals surface area contributed by atoms with Crippen molar-refractivity contribution in [3.63, 3.8) is 0 Å².